The normalized spacial score (nSPS) is 10.6. The van der Waals surface area contributed by atoms with Crippen LogP contribution < -0.4 is 0 Å². The quantitative estimate of drug-likeness (QED) is 0.489. The molecule has 2 aromatic heterocycles. The summed E-state index contributed by atoms with van der Waals surface area (Å²) in [6, 6.07) is 2.43. The van der Waals surface area contributed by atoms with Gasteiger partial charge in [0.15, 0.2) is 5.69 Å². The second-order valence-corrected chi connectivity index (χ2v) is 3.29. The third-order valence-electron chi connectivity index (χ3n) is 2.00. The lowest BCUT2D eigenvalue weighted by atomic mass is 10.4. The van der Waals surface area contributed by atoms with Gasteiger partial charge in [-0.1, -0.05) is 11.6 Å². The number of fused-ring (bicyclic) bond motifs is 1. The molecule has 0 atom stereocenters. The van der Waals surface area contributed by atoms with E-state index in [4.69, 9.17) is 16.7 Å². The number of pyridine rings is 1. The van der Waals surface area contributed by atoms with Gasteiger partial charge in [-0.05, 0) is 6.07 Å². The highest BCUT2D eigenvalue weighted by atomic mass is 35.5. The Morgan fingerprint density at radius 3 is 2.81 bits per heavy atom. The summed E-state index contributed by atoms with van der Waals surface area (Å²) in [6.45, 7) is 0. The van der Waals surface area contributed by atoms with E-state index >= 15 is 0 Å². The molecule has 0 aromatic carbocycles. The van der Waals surface area contributed by atoms with Crippen molar-refractivity contribution in [2.24, 2.45) is 0 Å². The average Bonchev–Trinajstić information content (AvgIpc) is 2.62. The Bertz CT molecular complexity index is 607. The molecule has 16 heavy (non-hydrogen) atoms. The summed E-state index contributed by atoms with van der Waals surface area (Å²) in [4.78, 5) is 24.5. The fraction of sp³-hybridized carbons (Fsp3) is 0. The largest absolute Gasteiger partial charge is 0.477 e. The fourth-order valence-electron chi connectivity index (χ4n) is 1.34. The van der Waals surface area contributed by atoms with E-state index < -0.39 is 10.9 Å². The van der Waals surface area contributed by atoms with Gasteiger partial charge in [0.2, 0.25) is 5.65 Å². The van der Waals surface area contributed by atoms with Crippen molar-refractivity contribution in [3.63, 3.8) is 0 Å². The molecule has 8 heteroatoms. The van der Waals surface area contributed by atoms with Crippen molar-refractivity contribution in [2.75, 3.05) is 0 Å². The van der Waals surface area contributed by atoms with Crippen LogP contribution in [0.15, 0.2) is 18.3 Å². The molecule has 0 aliphatic heterocycles. The molecule has 2 aromatic rings. The number of imidazole rings is 1. The highest BCUT2D eigenvalue weighted by molar-refractivity contribution is 6.30. The van der Waals surface area contributed by atoms with Crippen LogP contribution in [-0.2, 0) is 0 Å². The Balaban J connectivity index is 2.88. The molecule has 7 nitrogen and oxygen atoms in total. The zero-order valence-corrected chi connectivity index (χ0v) is 8.38. The van der Waals surface area contributed by atoms with Gasteiger partial charge in [0.25, 0.3) is 0 Å². The van der Waals surface area contributed by atoms with Gasteiger partial charge in [0.05, 0.1) is 11.1 Å². The summed E-state index contributed by atoms with van der Waals surface area (Å²) in [5.74, 6) is -1.25. The number of halogens is 1. The van der Waals surface area contributed by atoms with E-state index in [1.54, 1.807) is 0 Å². The van der Waals surface area contributed by atoms with Crippen LogP contribution in [0.1, 0.15) is 10.5 Å². The van der Waals surface area contributed by atoms with Crippen LogP contribution in [0.5, 0.6) is 0 Å². The van der Waals surface area contributed by atoms with Gasteiger partial charge in [-0.25, -0.2) is 9.78 Å². The number of nitro groups is 1. The summed E-state index contributed by atoms with van der Waals surface area (Å²) in [6.07, 6.45) is 1.02. The number of aromatic nitrogens is 2. The summed E-state index contributed by atoms with van der Waals surface area (Å²) in [7, 11) is 0. The molecule has 1 N–H and O–H groups in total. The van der Waals surface area contributed by atoms with Crippen LogP contribution in [0.4, 0.5) is 5.69 Å². The first-order valence-electron chi connectivity index (χ1n) is 4.06. The Kier molecular flexibility index (Phi) is 2.24. The fourth-order valence-corrected chi connectivity index (χ4v) is 1.57. The number of nitrogens with zero attached hydrogens (tertiary/aromatic N) is 3. The molecule has 0 aliphatic rings. The summed E-state index contributed by atoms with van der Waals surface area (Å²) >= 11 is 5.76. The van der Waals surface area contributed by atoms with Crippen LogP contribution in [0.2, 0.25) is 5.15 Å². The highest BCUT2D eigenvalue weighted by Gasteiger charge is 2.20. The minimum atomic E-state index is -1.25. The van der Waals surface area contributed by atoms with Gasteiger partial charge in [-0.15, -0.1) is 0 Å². The molecule has 0 saturated heterocycles. The number of carboxylic acids is 1. The maximum atomic E-state index is 10.8. The second-order valence-electron chi connectivity index (χ2n) is 2.91. The van der Waals surface area contributed by atoms with Gasteiger partial charge in [0, 0.05) is 6.07 Å². The number of hydrogen-bond donors (Lipinski definition) is 1. The molecule has 0 radical (unpaired) electrons. The molecule has 2 rings (SSSR count). The average molecular weight is 242 g/mol. The number of carbonyl (C=O) groups is 1. The molecular weight excluding hydrogens is 238 g/mol. The van der Waals surface area contributed by atoms with Crippen molar-refractivity contribution in [1.29, 1.82) is 0 Å². The van der Waals surface area contributed by atoms with Gasteiger partial charge >= 0.3 is 11.7 Å². The molecule has 0 fully saturated rings. The SMILES string of the molecule is O=C(O)c1cnc2c([N+](=O)[O-])ccc(Cl)n12. The molecule has 0 aliphatic carbocycles. The minimum absolute atomic E-state index is 0.0514. The summed E-state index contributed by atoms with van der Waals surface area (Å²) < 4.78 is 1.02. The molecule has 0 spiro atoms. The zero-order valence-electron chi connectivity index (χ0n) is 7.62. The molecule has 0 amide bonds. The Morgan fingerprint density at radius 2 is 2.25 bits per heavy atom. The van der Waals surface area contributed by atoms with E-state index in [0.717, 1.165) is 10.6 Å². The van der Waals surface area contributed by atoms with E-state index in [9.17, 15) is 14.9 Å². The minimum Gasteiger partial charge on any atom is -0.477 e. The van der Waals surface area contributed by atoms with Gasteiger partial charge in [-0.2, -0.15) is 0 Å². The first kappa shape index (κ1) is 10.4. The van der Waals surface area contributed by atoms with Gasteiger partial charge < -0.3 is 5.11 Å². The molecule has 2 heterocycles. The van der Waals surface area contributed by atoms with Crippen LogP contribution in [0.25, 0.3) is 5.65 Å². The third-order valence-corrected chi connectivity index (χ3v) is 2.29. The smallest absolute Gasteiger partial charge is 0.354 e. The van der Waals surface area contributed by atoms with Gasteiger partial charge in [-0.3, -0.25) is 14.5 Å². The van der Waals surface area contributed by atoms with Gasteiger partial charge in [0.1, 0.15) is 5.15 Å². The molecular formula is C8H4ClN3O4. The molecule has 0 unspecified atom stereocenters. The number of aromatic carboxylic acids is 1. The predicted octanol–water partition coefficient (Wildman–Crippen LogP) is 1.59. The van der Waals surface area contributed by atoms with Crippen molar-refractivity contribution < 1.29 is 14.8 Å². The first-order valence-corrected chi connectivity index (χ1v) is 4.44. The lowest BCUT2D eigenvalue weighted by Gasteiger charge is -2.00. The Labute approximate surface area is 93.0 Å². The zero-order chi connectivity index (χ0) is 11.9. The van der Waals surface area contributed by atoms with E-state index in [0.29, 0.717) is 0 Å². The third kappa shape index (κ3) is 1.38. The number of rotatable bonds is 2. The maximum Gasteiger partial charge on any atom is 0.354 e. The Morgan fingerprint density at radius 1 is 1.56 bits per heavy atom. The monoisotopic (exact) mass is 241 g/mol. The van der Waals surface area contributed by atoms with E-state index in [1.807, 2.05) is 0 Å². The number of carboxylic acid groups (broad SMARTS) is 1. The summed E-state index contributed by atoms with van der Waals surface area (Å²) in [5.41, 5.74) is -0.601. The Hall–Kier alpha value is -2.15. The van der Waals surface area contributed by atoms with Crippen LogP contribution in [0, 0.1) is 10.1 Å². The van der Waals surface area contributed by atoms with E-state index in [2.05, 4.69) is 4.98 Å². The van der Waals surface area contributed by atoms with Crippen molar-refractivity contribution in [3.8, 4) is 0 Å². The standard InChI is InChI=1S/C8H4ClN3O4/c9-6-2-1-4(12(15)16)7-10-3-5(8(13)14)11(6)7/h1-3H,(H,13,14). The predicted molar refractivity (Wildman–Crippen MR) is 53.8 cm³/mol. The molecule has 82 valence electrons. The highest BCUT2D eigenvalue weighted by Crippen LogP contribution is 2.24. The lowest BCUT2D eigenvalue weighted by Crippen LogP contribution is -2.03. The van der Waals surface area contributed by atoms with E-state index in [1.165, 1.54) is 12.1 Å². The van der Waals surface area contributed by atoms with Crippen LogP contribution in [0.3, 0.4) is 0 Å². The molecule has 0 saturated carbocycles. The lowest BCUT2D eigenvalue weighted by molar-refractivity contribution is -0.383. The van der Waals surface area contributed by atoms with Crippen LogP contribution >= 0.6 is 11.6 Å². The number of hydrogen-bond acceptors (Lipinski definition) is 4. The molecule has 0 bridgehead atoms. The van der Waals surface area contributed by atoms with Crippen molar-refractivity contribution in [3.05, 3.63) is 39.3 Å². The first-order chi connectivity index (χ1) is 7.52. The van der Waals surface area contributed by atoms with Crippen molar-refractivity contribution >= 4 is 28.9 Å². The topological polar surface area (TPSA) is 97.7 Å². The maximum absolute atomic E-state index is 10.8. The van der Waals surface area contributed by atoms with Crippen molar-refractivity contribution in [2.45, 2.75) is 0 Å². The summed E-state index contributed by atoms with van der Waals surface area (Å²) in [5, 5.41) is 19.6. The van der Waals surface area contributed by atoms with E-state index in [-0.39, 0.29) is 22.2 Å². The van der Waals surface area contributed by atoms with Crippen LogP contribution in [-0.4, -0.2) is 25.4 Å². The second kappa shape index (κ2) is 3.46. The van der Waals surface area contributed by atoms with Crippen molar-refractivity contribution in [1.82, 2.24) is 9.38 Å².